The van der Waals surface area contributed by atoms with Gasteiger partial charge in [-0.05, 0) is 61.4 Å². The number of amides is 3. The Morgan fingerprint density at radius 3 is 2.31 bits per heavy atom. The van der Waals surface area contributed by atoms with Crippen LogP contribution in [-0.4, -0.2) is 47.8 Å². The lowest BCUT2D eigenvalue weighted by Crippen LogP contribution is -2.60. The van der Waals surface area contributed by atoms with Gasteiger partial charge in [-0.3, -0.25) is 14.4 Å². The molecule has 1 aliphatic carbocycles. The Morgan fingerprint density at radius 2 is 1.61 bits per heavy atom. The molecule has 2 aromatic rings. The zero-order chi connectivity index (χ0) is 25.8. The Kier molecular flexibility index (Phi) is 8.09. The number of carbonyl (C=O) groups is 3. The Labute approximate surface area is 214 Å². The van der Waals surface area contributed by atoms with Crippen LogP contribution in [0.2, 0.25) is 0 Å². The topological polar surface area (TPSA) is 90.5 Å². The van der Waals surface area contributed by atoms with Crippen LogP contribution in [0.5, 0.6) is 0 Å². The van der Waals surface area contributed by atoms with Crippen molar-refractivity contribution < 1.29 is 14.4 Å². The third kappa shape index (κ3) is 5.46. The molecule has 0 bridgehead atoms. The number of carbonyl (C=O) groups excluding carboxylic acids is 3. The van der Waals surface area contributed by atoms with Crippen LogP contribution in [0.25, 0.3) is 0 Å². The van der Waals surface area contributed by atoms with Gasteiger partial charge in [-0.2, -0.15) is 0 Å². The van der Waals surface area contributed by atoms with Crippen molar-refractivity contribution in [1.82, 2.24) is 20.9 Å². The van der Waals surface area contributed by atoms with Crippen molar-refractivity contribution in [2.45, 2.75) is 77.2 Å². The maximum absolute atomic E-state index is 13.9. The second-order valence-corrected chi connectivity index (χ2v) is 10.3. The van der Waals surface area contributed by atoms with E-state index in [-0.39, 0.29) is 29.7 Å². The van der Waals surface area contributed by atoms with Gasteiger partial charge in [-0.1, -0.05) is 62.4 Å². The van der Waals surface area contributed by atoms with Crippen molar-refractivity contribution in [3.8, 4) is 0 Å². The maximum Gasteiger partial charge on any atom is 0.246 e. The normalized spacial score (nSPS) is 20.6. The lowest BCUT2D eigenvalue weighted by Gasteiger charge is -2.40. The van der Waals surface area contributed by atoms with E-state index in [0.717, 1.165) is 30.4 Å². The van der Waals surface area contributed by atoms with Gasteiger partial charge >= 0.3 is 0 Å². The van der Waals surface area contributed by atoms with Crippen molar-refractivity contribution in [3.05, 3.63) is 70.8 Å². The number of benzene rings is 2. The van der Waals surface area contributed by atoms with Crippen molar-refractivity contribution in [3.63, 3.8) is 0 Å². The summed E-state index contributed by atoms with van der Waals surface area (Å²) in [4.78, 5) is 42.0. The molecule has 1 aliphatic heterocycles. The van der Waals surface area contributed by atoms with E-state index in [1.54, 1.807) is 18.9 Å². The molecule has 36 heavy (non-hydrogen) atoms. The molecule has 0 aromatic heterocycles. The Hall–Kier alpha value is -3.19. The molecule has 2 aliphatic rings. The van der Waals surface area contributed by atoms with Gasteiger partial charge in [0.25, 0.3) is 0 Å². The SMILES string of the molecule is CNC(C)C(=O)NC(C(=O)N1Cc2ccccc2CC1C(=O)NC1CCCc2ccccc21)C(C)C. The number of nitrogens with one attached hydrogen (secondary N) is 3. The van der Waals surface area contributed by atoms with Gasteiger partial charge in [0.15, 0.2) is 0 Å². The zero-order valence-corrected chi connectivity index (χ0v) is 21.7. The van der Waals surface area contributed by atoms with Gasteiger partial charge < -0.3 is 20.9 Å². The first-order valence-electron chi connectivity index (χ1n) is 13.0. The molecule has 3 N–H and O–H groups in total. The fourth-order valence-corrected chi connectivity index (χ4v) is 5.26. The highest BCUT2D eigenvalue weighted by Gasteiger charge is 2.40. The molecule has 1 heterocycles. The van der Waals surface area contributed by atoms with E-state index in [1.165, 1.54) is 11.1 Å². The lowest BCUT2D eigenvalue weighted by molar-refractivity contribution is -0.146. The minimum absolute atomic E-state index is 0.0614. The monoisotopic (exact) mass is 490 g/mol. The smallest absolute Gasteiger partial charge is 0.246 e. The summed E-state index contributed by atoms with van der Waals surface area (Å²) in [6, 6.07) is 14.4. The summed E-state index contributed by atoms with van der Waals surface area (Å²) in [7, 11) is 1.71. The Morgan fingerprint density at radius 1 is 0.944 bits per heavy atom. The molecule has 192 valence electrons. The molecule has 0 fully saturated rings. The van der Waals surface area contributed by atoms with Crippen LogP contribution in [0.3, 0.4) is 0 Å². The van der Waals surface area contributed by atoms with E-state index in [9.17, 15) is 14.4 Å². The summed E-state index contributed by atoms with van der Waals surface area (Å²) in [5.74, 6) is -0.726. The quantitative estimate of drug-likeness (QED) is 0.557. The van der Waals surface area contributed by atoms with Gasteiger partial charge in [0.05, 0.1) is 12.1 Å². The van der Waals surface area contributed by atoms with Crippen LogP contribution in [0.15, 0.2) is 48.5 Å². The molecule has 4 rings (SSSR count). The van der Waals surface area contributed by atoms with E-state index in [2.05, 4.69) is 28.1 Å². The predicted octanol–water partition coefficient (Wildman–Crippen LogP) is 2.88. The van der Waals surface area contributed by atoms with Gasteiger partial charge in [-0.25, -0.2) is 0 Å². The fourth-order valence-electron chi connectivity index (χ4n) is 5.26. The van der Waals surface area contributed by atoms with E-state index in [0.29, 0.717) is 13.0 Å². The highest BCUT2D eigenvalue weighted by molar-refractivity contribution is 5.93. The molecule has 0 spiro atoms. The molecule has 7 heteroatoms. The summed E-state index contributed by atoms with van der Waals surface area (Å²) in [6.07, 6.45) is 3.37. The average molecular weight is 491 g/mol. The number of fused-ring (bicyclic) bond motifs is 2. The molecule has 4 atom stereocenters. The fraction of sp³-hybridized carbons (Fsp3) is 0.483. The molecule has 0 radical (unpaired) electrons. The van der Waals surface area contributed by atoms with Gasteiger partial charge in [0.2, 0.25) is 17.7 Å². The van der Waals surface area contributed by atoms with Crippen molar-refractivity contribution in [1.29, 1.82) is 0 Å². The van der Waals surface area contributed by atoms with Crippen LogP contribution in [0, 0.1) is 5.92 Å². The average Bonchev–Trinajstić information content (AvgIpc) is 2.89. The second-order valence-electron chi connectivity index (χ2n) is 10.3. The van der Waals surface area contributed by atoms with Crippen LogP contribution in [0.1, 0.15) is 61.9 Å². The molecule has 7 nitrogen and oxygen atoms in total. The van der Waals surface area contributed by atoms with Crippen molar-refractivity contribution >= 4 is 17.7 Å². The minimum atomic E-state index is -0.718. The summed E-state index contributed by atoms with van der Waals surface area (Å²) >= 11 is 0. The number of aryl methyl sites for hydroxylation is 1. The van der Waals surface area contributed by atoms with Crippen molar-refractivity contribution in [2.24, 2.45) is 5.92 Å². The zero-order valence-electron chi connectivity index (χ0n) is 21.7. The highest BCUT2D eigenvalue weighted by atomic mass is 16.2. The van der Waals surface area contributed by atoms with Crippen LogP contribution in [-0.2, 0) is 33.8 Å². The lowest BCUT2D eigenvalue weighted by atomic mass is 9.87. The standard InChI is InChI=1S/C29H38N4O3/c1-18(2)26(32-27(34)19(3)30-4)29(36)33-17-22-12-6-5-11-21(22)16-25(33)28(35)31-24-15-9-13-20-10-7-8-14-23(20)24/h5-8,10-12,14,18-19,24-26,30H,9,13,15-17H2,1-4H3,(H,31,35)(H,32,34). The van der Waals surface area contributed by atoms with Crippen LogP contribution < -0.4 is 16.0 Å². The molecule has 0 saturated heterocycles. The van der Waals surface area contributed by atoms with Gasteiger partial charge in [-0.15, -0.1) is 0 Å². The first-order valence-corrected chi connectivity index (χ1v) is 13.0. The number of hydrogen-bond acceptors (Lipinski definition) is 4. The second kappa shape index (κ2) is 11.2. The van der Waals surface area contributed by atoms with Crippen molar-refractivity contribution in [2.75, 3.05) is 7.05 Å². The molecule has 3 amide bonds. The van der Waals surface area contributed by atoms with Crippen LogP contribution in [0.4, 0.5) is 0 Å². The molecule has 2 aromatic carbocycles. The first-order chi connectivity index (χ1) is 17.3. The number of nitrogens with zero attached hydrogens (tertiary/aromatic N) is 1. The van der Waals surface area contributed by atoms with Crippen LogP contribution >= 0.6 is 0 Å². The summed E-state index contributed by atoms with van der Waals surface area (Å²) in [6.45, 7) is 5.93. The third-order valence-corrected chi connectivity index (χ3v) is 7.58. The Balaban J connectivity index is 1.60. The number of rotatable bonds is 7. The molecular formula is C29H38N4O3. The third-order valence-electron chi connectivity index (χ3n) is 7.58. The maximum atomic E-state index is 13.9. The van der Waals surface area contributed by atoms with E-state index in [4.69, 9.17) is 0 Å². The minimum Gasteiger partial charge on any atom is -0.347 e. The summed E-state index contributed by atoms with van der Waals surface area (Å²) < 4.78 is 0. The largest absolute Gasteiger partial charge is 0.347 e. The predicted molar refractivity (Wildman–Crippen MR) is 140 cm³/mol. The van der Waals surface area contributed by atoms with Gasteiger partial charge in [0, 0.05) is 13.0 Å². The van der Waals surface area contributed by atoms with E-state index >= 15 is 0 Å². The molecular weight excluding hydrogens is 452 g/mol. The van der Waals surface area contributed by atoms with E-state index in [1.807, 2.05) is 50.2 Å². The first kappa shape index (κ1) is 25.9. The molecule has 0 saturated carbocycles. The van der Waals surface area contributed by atoms with Gasteiger partial charge in [0.1, 0.15) is 12.1 Å². The summed E-state index contributed by atoms with van der Waals surface area (Å²) in [5.41, 5.74) is 4.56. The molecule has 4 unspecified atom stereocenters. The number of hydrogen-bond donors (Lipinski definition) is 3. The highest BCUT2D eigenvalue weighted by Crippen LogP contribution is 2.31. The van der Waals surface area contributed by atoms with E-state index < -0.39 is 18.1 Å². The summed E-state index contributed by atoms with van der Waals surface area (Å²) in [5, 5.41) is 9.10. The number of likely N-dealkylation sites (N-methyl/N-ethyl adjacent to an activating group) is 1. The Bertz CT molecular complexity index is 1120.